The molecule has 0 aliphatic rings. The number of nitrogens with two attached hydrogens (primary N) is 1. The molecule has 1 aromatic carbocycles. The molecule has 20 heavy (non-hydrogen) atoms. The van der Waals surface area contributed by atoms with Crippen molar-refractivity contribution in [2.24, 2.45) is 11.7 Å². The summed E-state index contributed by atoms with van der Waals surface area (Å²) in [6.45, 7) is 3.07. The summed E-state index contributed by atoms with van der Waals surface area (Å²) in [6, 6.07) is 7.60. The van der Waals surface area contributed by atoms with E-state index in [9.17, 15) is 13.2 Å². The topological polar surface area (TPSA) is 35.2 Å². The van der Waals surface area contributed by atoms with Crippen LogP contribution in [0.3, 0.4) is 0 Å². The molecular formula is C15H22F3NO. The van der Waals surface area contributed by atoms with Crippen LogP contribution >= 0.6 is 0 Å². The standard InChI is InChI=1S/C15H22F3NO/c1-11(2)8-12-4-3-5-13(9-12)14(19)6-7-20-10-15(16,17)18/h3-5,9,11,14H,6-8,10,19H2,1-2H3. The lowest BCUT2D eigenvalue weighted by Crippen LogP contribution is -2.19. The minimum atomic E-state index is -4.28. The van der Waals surface area contributed by atoms with Crippen molar-refractivity contribution in [3.63, 3.8) is 0 Å². The Bertz CT molecular complexity index is 404. The highest BCUT2D eigenvalue weighted by atomic mass is 19.4. The molecule has 1 unspecified atom stereocenters. The van der Waals surface area contributed by atoms with Crippen molar-refractivity contribution in [3.8, 4) is 0 Å². The fraction of sp³-hybridized carbons (Fsp3) is 0.600. The summed E-state index contributed by atoms with van der Waals surface area (Å²) in [5.41, 5.74) is 8.12. The Morgan fingerprint density at radius 2 is 1.95 bits per heavy atom. The molecular weight excluding hydrogens is 267 g/mol. The molecule has 0 fully saturated rings. The van der Waals surface area contributed by atoms with Gasteiger partial charge in [-0.15, -0.1) is 0 Å². The Balaban J connectivity index is 2.44. The third kappa shape index (κ3) is 6.91. The SMILES string of the molecule is CC(C)Cc1cccc(C(N)CCOCC(F)(F)F)c1. The van der Waals surface area contributed by atoms with Crippen LogP contribution in [-0.2, 0) is 11.2 Å². The quantitative estimate of drug-likeness (QED) is 0.774. The number of hydrogen-bond acceptors (Lipinski definition) is 2. The van der Waals surface area contributed by atoms with Gasteiger partial charge in [0.2, 0.25) is 0 Å². The van der Waals surface area contributed by atoms with Gasteiger partial charge in [0, 0.05) is 12.6 Å². The molecule has 5 heteroatoms. The van der Waals surface area contributed by atoms with Gasteiger partial charge in [-0.1, -0.05) is 38.1 Å². The molecule has 0 saturated heterocycles. The second-order valence-electron chi connectivity index (χ2n) is 5.41. The van der Waals surface area contributed by atoms with Gasteiger partial charge in [-0.05, 0) is 29.9 Å². The van der Waals surface area contributed by atoms with Crippen LogP contribution in [0.1, 0.15) is 37.4 Å². The lowest BCUT2D eigenvalue weighted by atomic mass is 9.97. The molecule has 0 radical (unpaired) electrons. The molecule has 0 heterocycles. The van der Waals surface area contributed by atoms with E-state index in [0.29, 0.717) is 12.3 Å². The summed E-state index contributed by atoms with van der Waals surface area (Å²) in [5.74, 6) is 0.552. The van der Waals surface area contributed by atoms with E-state index >= 15 is 0 Å². The van der Waals surface area contributed by atoms with E-state index in [0.717, 1.165) is 12.0 Å². The zero-order chi connectivity index (χ0) is 15.2. The Hall–Kier alpha value is -1.07. The van der Waals surface area contributed by atoms with E-state index in [1.165, 1.54) is 5.56 Å². The predicted molar refractivity (Wildman–Crippen MR) is 73.4 cm³/mol. The minimum absolute atomic E-state index is 0.00901. The minimum Gasteiger partial charge on any atom is -0.372 e. The molecule has 0 saturated carbocycles. The van der Waals surface area contributed by atoms with Crippen molar-refractivity contribution in [3.05, 3.63) is 35.4 Å². The third-order valence-corrected chi connectivity index (χ3v) is 2.86. The molecule has 1 rings (SSSR count). The Labute approximate surface area is 118 Å². The predicted octanol–water partition coefficient (Wildman–Crippen LogP) is 3.85. The average Bonchev–Trinajstić information content (AvgIpc) is 2.32. The van der Waals surface area contributed by atoms with E-state index in [1.54, 1.807) is 0 Å². The number of alkyl halides is 3. The van der Waals surface area contributed by atoms with Crippen LogP contribution < -0.4 is 5.73 Å². The highest BCUT2D eigenvalue weighted by Crippen LogP contribution is 2.19. The molecule has 2 nitrogen and oxygen atoms in total. The first-order chi connectivity index (χ1) is 9.28. The van der Waals surface area contributed by atoms with Crippen LogP contribution in [0.5, 0.6) is 0 Å². The first-order valence-electron chi connectivity index (χ1n) is 6.77. The fourth-order valence-electron chi connectivity index (χ4n) is 1.99. The summed E-state index contributed by atoms with van der Waals surface area (Å²) in [5, 5.41) is 0. The molecule has 0 aliphatic carbocycles. The van der Waals surface area contributed by atoms with Crippen molar-refractivity contribution in [2.45, 2.75) is 38.9 Å². The number of halogens is 3. The first kappa shape index (κ1) is 17.0. The van der Waals surface area contributed by atoms with Gasteiger partial charge in [0.05, 0.1) is 0 Å². The average molecular weight is 289 g/mol. The zero-order valence-electron chi connectivity index (χ0n) is 11.9. The summed E-state index contributed by atoms with van der Waals surface area (Å²) in [4.78, 5) is 0. The van der Waals surface area contributed by atoms with Crippen LogP contribution in [0.15, 0.2) is 24.3 Å². The molecule has 1 aromatic rings. The second-order valence-corrected chi connectivity index (χ2v) is 5.41. The second kappa shape index (κ2) is 7.64. The van der Waals surface area contributed by atoms with Gasteiger partial charge in [0.1, 0.15) is 6.61 Å². The first-order valence-corrected chi connectivity index (χ1v) is 6.77. The zero-order valence-corrected chi connectivity index (χ0v) is 11.9. The van der Waals surface area contributed by atoms with Crippen LogP contribution in [0.4, 0.5) is 13.2 Å². The Kier molecular flexibility index (Phi) is 6.49. The van der Waals surface area contributed by atoms with Crippen LogP contribution in [0.2, 0.25) is 0 Å². The number of ether oxygens (including phenoxy) is 1. The van der Waals surface area contributed by atoms with E-state index in [4.69, 9.17) is 5.73 Å². The van der Waals surface area contributed by atoms with Crippen LogP contribution in [-0.4, -0.2) is 19.4 Å². The summed E-state index contributed by atoms with van der Waals surface area (Å²) < 4.78 is 40.3. The summed E-state index contributed by atoms with van der Waals surface area (Å²) >= 11 is 0. The smallest absolute Gasteiger partial charge is 0.372 e. The maximum Gasteiger partial charge on any atom is 0.411 e. The van der Waals surface area contributed by atoms with E-state index in [2.05, 4.69) is 18.6 Å². The molecule has 0 aromatic heterocycles. The van der Waals surface area contributed by atoms with Gasteiger partial charge in [0.15, 0.2) is 0 Å². The lowest BCUT2D eigenvalue weighted by molar-refractivity contribution is -0.174. The molecule has 1 atom stereocenters. The number of rotatable bonds is 7. The third-order valence-electron chi connectivity index (χ3n) is 2.86. The van der Waals surface area contributed by atoms with Gasteiger partial charge in [-0.25, -0.2) is 0 Å². The Morgan fingerprint density at radius 3 is 2.55 bits per heavy atom. The molecule has 2 N–H and O–H groups in total. The van der Waals surface area contributed by atoms with Gasteiger partial charge in [0.25, 0.3) is 0 Å². The number of benzene rings is 1. The largest absolute Gasteiger partial charge is 0.411 e. The monoisotopic (exact) mass is 289 g/mol. The van der Waals surface area contributed by atoms with Crippen molar-refractivity contribution >= 4 is 0 Å². The molecule has 0 aliphatic heterocycles. The Morgan fingerprint density at radius 1 is 1.25 bits per heavy atom. The number of hydrogen-bond donors (Lipinski definition) is 1. The van der Waals surface area contributed by atoms with E-state index in [-0.39, 0.29) is 12.6 Å². The van der Waals surface area contributed by atoms with Crippen molar-refractivity contribution in [2.75, 3.05) is 13.2 Å². The van der Waals surface area contributed by atoms with Crippen molar-refractivity contribution in [1.82, 2.24) is 0 Å². The van der Waals surface area contributed by atoms with Crippen molar-refractivity contribution < 1.29 is 17.9 Å². The van der Waals surface area contributed by atoms with Crippen LogP contribution in [0.25, 0.3) is 0 Å². The summed E-state index contributed by atoms with van der Waals surface area (Å²) in [7, 11) is 0. The maximum absolute atomic E-state index is 11.9. The molecule has 0 bridgehead atoms. The lowest BCUT2D eigenvalue weighted by Gasteiger charge is -2.15. The molecule has 0 spiro atoms. The van der Waals surface area contributed by atoms with Crippen LogP contribution in [0, 0.1) is 5.92 Å². The van der Waals surface area contributed by atoms with E-state index < -0.39 is 12.8 Å². The van der Waals surface area contributed by atoms with Gasteiger partial charge < -0.3 is 10.5 Å². The van der Waals surface area contributed by atoms with E-state index in [1.807, 2.05) is 24.3 Å². The summed E-state index contributed by atoms with van der Waals surface area (Å²) in [6.07, 6.45) is -2.94. The fourth-order valence-corrected chi connectivity index (χ4v) is 1.99. The highest BCUT2D eigenvalue weighted by molar-refractivity contribution is 5.26. The van der Waals surface area contributed by atoms with Crippen molar-refractivity contribution in [1.29, 1.82) is 0 Å². The molecule has 114 valence electrons. The van der Waals surface area contributed by atoms with Gasteiger partial charge in [-0.3, -0.25) is 0 Å². The normalized spacial score (nSPS) is 13.8. The maximum atomic E-state index is 11.9. The van der Waals surface area contributed by atoms with Gasteiger partial charge >= 0.3 is 6.18 Å². The molecule has 0 amide bonds. The van der Waals surface area contributed by atoms with Gasteiger partial charge in [-0.2, -0.15) is 13.2 Å². The highest BCUT2D eigenvalue weighted by Gasteiger charge is 2.27.